The van der Waals surface area contributed by atoms with Crippen LogP contribution in [0.25, 0.3) is 0 Å². The molecule has 2 fully saturated rings. The van der Waals surface area contributed by atoms with Crippen molar-refractivity contribution in [3.8, 4) is 0 Å². The summed E-state index contributed by atoms with van der Waals surface area (Å²) in [5, 5.41) is 3.04. The maximum Gasteiger partial charge on any atom is 0.251 e. The molecule has 2 atom stereocenters. The van der Waals surface area contributed by atoms with Gasteiger partial charge in [-0.2, -0.15) is 0 Å². The van der Waals surface area contributed by atoms with Crippen molar-refractivity contribution < 1.29 is 14.3 Å². The molecule has 1 spiro atoms. The molecule has 0 aliphatic carbocycles. The minimum absolute atomic E-state index is 0.0299. The monoisotopic (exact) mass is 408 g/mol. The molecular formula is C25H32N2O3. The third-order valence-electron chi connectivity index (χ3n) is 6.10. The van der Waals surface area contributed by atoms with Crippen LogP contribution >= 0.6 is 0 Å². The first-order valence-electron chi connectivity index (χ1n) is 10.9. The Morgan fingerprint density at radius 3 is 2.53 bits per heavy atom. The molecule has 2 aliphatic heterocycles. The van der Waals surface area contributed by atoms with Crippen LogP contribution in [0.5, 0.6) is 0 Å². The third kappa shape index (κ3) is 5.28. The Morgan fingerprint density at radius 1 is 1.10 bits per heavy atom. The smallest absolute Gasteiger partial charge is 0.251 e. The van der Waals surface area contributed by atoms with Crippen LogP contribution < -0.4 is 5.32 Å². The number of hydrogen-bond donors (Lipinski definition) is 1. The molecule has 4 rings (SSSR count). The quantitative estimate of drug-likeness (QED) is 0.823. The molecule has 0 radical (unpaired) electrons. The number of nitrogens with one attached hydrogen (secondary N) is 1. The lowest BCUT2D eigenvalue weighted by Crippen LogP contribution is -2.45. The van der Waals surface area contributed by atoms with E-state index in [0.29, 0.717) is 18.7 Å². The summed E-state index contributed by atoms with van der Waals surface area (Å²) < 4.78 is 12.4. The Morgan fingerprint density at radius 2 is 1.80 bits per heavy atom. The Kier molecular flexibility index (Phi) is 6.52. The highest BCUT2D eigenvalue weighted by atomic mass is 16.6. The van der Waals surface area contributed by atoms with Gasteiger partial charge in [-0.25, -0.2) is 0 Å². The lowest BCUT2D eigenvalue weighted by Gasteiger charge is -2.32. The highest BCUT2D eigenvalue weighted by Crippen LogP contribution is 2.33. The number of hydrogen-bond acceptors (Lipinski definition) is 4. The van der Waals surface area contributed by atoms with Crippen LogP contribution in [-0.4, -0.2) is 55.4 Å². The summed E-state index contributed by atoms with van der Waals surface area (Å²) >= 11 is 0. The number of carbonyl (C=O) groups is 1. The lowest BCUT2D eigenvalue weighted by molar-refractivity contribution is -0.0849. The van der Waals surface area contributed by atoms with Gasteiger partial charge in [-0.1, -0.05) is 47.5 Å². The molecular weight excluding hydrogens is 376 g/mol. The van der Waals surface area contributed by atoms with Crippen molar-refractivity contribution in [1.29, 1.82) is 0 Å². The molecule has 2 saturated heterocycles. The summed E-state index contributed by atoms with van der Waals surface area (Å²) in [5.74, 6) is -0.0438. The van der Waals surface area contributed by atoms with Gasteiger partial charge < -0.3 is 14.8 Å². The normalized spacial score (nSPS) is 24.7. The van der Waals surface area contributed by atoms with Gasteiger partial charge in [0.25, 0.3) is 5.91 Å². The maximum absolute atomic E-state index is 12.4. The molecule has 1 amide bonds. The zero-order valence-corrected chi connectivity index (χ0v) is 18.0. The number of aryl methyl sites for hydroxylation is 2. The second-order valence-corrected chi connectivity index (χ2v) is 8.79. The first-order valence-corrected chi connectivity index (χ1v) is 10.9. The van der Waals surface area contributed by atoms with E-state index in [-0.39, 0.29) is 17.6 Å². The Bertz CT molecular complexity index is 850. The maximum atomic E-state index is 12.4. The Hall–Kier alpha value is -2.21. The van der Waals surface area contributed by atoms with Gasteiger partial charge in [-0.15, -0.1) is 0 Å². The fraction of sp³-hybridized carbons (Fsp3) is 0.480. The van der Waals surface area contributed by atoms with Crippen LogP contribution in [0, 0.1) is 13.8 Å². The summed E-state index contributed by atoms with van der Waals surface area (Å²) in [4.78, 5) is 14.9. The summed E-state index contributed by atoms with van der Waals surface area (Å²) in [5.41, 5.74) is 4.16. The topological polar surface area (TPSA) is 50.8 Å². The highest BCUT2D eigenvalue weighted by molar-refractivity contribution is 5.94. The van der Waals surface area contributed by atoms with Gasteiger partial charge in [0.15, 0.2) is 0 Å². The largest absolute Gasteiger partial charge is 0.377 e. The van der Waals surface area contributed by atoms with Crippen LogP contribution in [0.4, 0.5) is 0 Å². The van der Waals surface area contributed by atoms with Crippen molar-refractivity contribution in [3.63, 3.8) is 0 Å². The van der Waals surface area contributed by atoms with Gasteiger partial charge in [-0.05, 0) is 44.4 Å². The van der Waals surface area contributed by atoms with E-state index in [1.54, 1.807) is 0 Å². The van der Waals surface area contributed by atoms with Gasteiger partial charge in [0.05, 0.1) is 19.3 Å². The van der Waals surface area contributed by atoms with E-state index < -0.39 is 0 Å². The van der Waals surface area contributed by atoms with E-state index in [1.807, 2.05) is 31.2 Å². The highest BCUT2D eigenvalue weighted by Gasteiger charge is 2.43. The summed E-state index contributed by atoms with van der Waals surface area (Å²) in [7, 11) is 0. The van der Waals surface area contributed by atoms with E-state index in [4.69, 9.17) is 9.47 Å². The van der Waals surface area contributed by atoms with Crippen LogP contribution in [0.15, 0.2) is 48.5 Å². The Labute approximate surface area is 179 Å². The number of carbonyl (C=O) groups excluding carboxylic acids is 1. The van der Waals surface area contributed by atoms with Crippen LogP contribution in [-0.2, 0) is 16.0 Å². The van der Waals surface area contributed by atoms with Gasteiger partial charge >= 0.3 is 0 Å². The SMILES string of the molecule is Cc1ccc(CN2CCOC[C@]3(CC[C@H](CNC(=O)c4ccc(C)cc4)O3)C2)cc1. The minimum atomic E-state index is -0.277. The van der Waals surface area contributed by atoms with Gasteiger partial charge in [0.1, 0.15) is 5.60 Å². The summed E-state index contributed by atoms with van der Waals surface area (Å²) in [6.07, 6.45) is 1.93. The molecule has 5 heteroatoms. The number of amides is 1. The molecule has 2 aromatic carbocycles. The standard InChI is InChI=1S/C25H32N2O3/c1-19-3-7-21(8-4-19)16-27-13-14-29-18-25(17-27)12-11-23(30-25)15-26-24(28)22-9-5-20(2)6-10-22/h3-10,23H,11-18H2,1-2H3,(H,26,28)/t23-,25+/m1/s1. The van der Waals surface area contributed by atoms with E-state index in [9.17, 15) is 4.79 Å². The zero-order valence-electron chi connectivity index (χ0n) is 18.0. The summed E-state index contributed by atoms with van der Waals surface area (Å²) in [6.45, 7) is 8.70. The molecule has 0 saturated carbocycles. The van der Waals surface area contributed by atoms with Crippen molar-refractivity contribution in [1.82, 2.24) is 10.2 Å². The van der Waals surface area contributed by atoms with E-state index in [1.165, 1.54) is 11.1 Å². The van der Waals surface area contributed by atoms with Crippen LogP contribution in [0.3, 0.4) is 0 Å². The molecule has 0 bridgehead atoms. The van der Waals surface area contributed by atoms with Gasteiger partial charge in [-0.3, -0.25) is 9.69 Å². The Balaban J connectivity index is 1.32. The van der Waals surface area contributed by atoms with Crippen LogP contribution in [0.2, 0.25) is 0 Å². The third-order valence-corrected chi connectivity index (χ3v) is 6.10. The molecule has 0 unspecified atom stereocenters. The number of ether oxygens (including phenoxy) is 2. The lowest BCUT2D eigenvalue weighted by atomic mass is 9.99. The second-order valence-electron chi connectivity index (χ2n) is 8.79. The average Bonchev–Trinajstić information content (AvgIpc) is 3.03. The summed E-state index contributed by atoms with van der Waals surface area (Å²) in [6, 6.07) is 16.4. The van der Waals surface area contributed by atoms with E-state index >= 15 is 0 Å². The molecule has 2 aromatic rings. The van der Waals surface area contributed by atoms with E-state index in [2.05, 4.69) is 41.4 Å². The second kappa shape index (κ2) is 9.29. The van der Waals surface area contributed by atoms with Crippen molar-refractivity contribution in [2.45, 2.75) is 44.9 Å². The van der Waals surface area contributed by atoms with Crippen molar-refractivity contribution in [3.05, 3.63) is 70.8 Å². The van der Waals surface area contributed by atoms with Crippen molar-refractivity contribution in [2.75, 3.05) is 32.8 Å². The minimum Gasteiger partial charge on any atom is -0.377 e. The number of nitrogens with zero attached hydrogens (tertiary/aromatic N) is 1. The van der Waals surface area contributed by atoms with Gasteiger partial charge in [0.2, 0.25) is 0 Å². The zero-order chi connectivity index (χ0) is 21.0. The molecule has 0 aromatic heterocycles. The first-order chi connectivity index (χ1) is 14.5. The number of rotatable bonds is 5. The molecule has 5 nitrogen and oxygen atoms in total. The molecule has 2 heterocycles. The predicted octanol–water partition coefficient (Wildman–Crippen LogP) is 3.48. The van der Waals surface area contributed by atoms with Crippen molar-refractivity contribution in [2.24, 2.45) is 0 Å². The fourth-order valence-corrected chi connectivity index (χ4v) is 4.35. The molecule has 1 N–H and O–H groups in total. The molecule has 160 valence electrons. The molecule has 30 heavy (non-hydrogen) atoms. The molecule has 2 aliphatic rings. The average molecular weight is 409 g/mol. The first kappa shape index (κ1) is 21.0. The van der Waals surface area contributed by atoms with E-state index in [0.717, 1.165) is 44.6 Å². The predicted molar refractivity (Wildman–Crippen MR) is 118 cm³/mol. The number of benzene rings is 2. The van der Waals surface area contributed by atoms with Crippen LogP contribution in [0.1, 0.15) is 39.9 Å². The van der Waals surface area contributed by atoms with Gasteiger partial charge in [0, 0.05) is 31.7 Å². The fourth-order valence-electron chi connectivity index (χ4n) is 4.35. The van der Waals surface area contributed by atoms with Crippen molar-refractivity contribution >= 4 is 5.91 Å².